The van der Waals surface area contributed by atoms with Gasteiger partial charge in [-0.1, -0.05) is 18.5 Å². The molecule has 20 heavy (non-hydrogen) atoms. The Hall–Kier alpha value is -1.26. The summed E-state index contributed by atoms with van der Waals surface area (Å²) in [5.41, 5.74) is 7.16. The minimum Gasteiger partial charge on any atom is -0.376 e. The number of benzene rings is 1. The van der Waals surface area contributed by atoms with Gasteiger partial charge in [0.25, 0.3) is 0 Å². The molecule has 0 aromatic heterocycles. The number of amides is 1. The third-order valence-electron chi connectivity index (χ3n) is 3.24. The molecule has 0 fully saturated rings. The predicted octanol–water partition coefficient (Wildman–Crippen LogP) is 3.11. The van der Waals surface area contributed by atoms with Crippen molar-refractivity contribution < 1.29 is 4.79 Å². The molecule has 5 heteroatoms. The molecule has 1 unspecified atom stereocenters. The zero-order chi connectivity index (χ0) is 15.1. The number of nitrogens with two attached hydrogens (primary N) is 1. The minimum atomic E-state index is 0.0162. The van der Waals surface area contributed by atoms with E-state index in [1.165, 1.54) is 0 Å². The van der Waals surface area contributed by atoms with Crippen LogP contribution in [0.5, 0.6) is 0 Å². The zero-order valence-electron chi connectivity index (χ0n) is 12.4. The van der Waals surface area contributed by atoms with Crippen LogP contribution in [0.1, 0.15) is 26.2 Å². The lowest BCUT2D eigenvalue weighted by molar-refractivity contribution is -0.116. The van der Waals surface area contributed by atoms with Crippen LogP contribution in [-0.2, 0) is 4.79 Å². The Kier molecular flexibility index (Phi) is 6.82. The molecule has 1 atom stereocenters. The van der Waals surface area contributed by atoms with Gasteiger partial charge in [0, 0.05) is 26.2 Å². The summed E-state index contributed by atoms with van der Waals surface area (Å²) >= 11 is 6.17. The summed E-state index contributed by atoms with van der Waals surface area (Å²) in [6.07, 6.45) is 2.32. The molecule has 1 rings (SSSR count). The first-order chi connectivity index (χ1) is 9.43. The van der Waals surface area contributed by atoms with Gasteiger partial charge in [-0.25, -0.2) is 0 Å². The largest absolute Gasteiger partial charge is 0.376 e. The Morgan fingerprint density at radius 1 is 1.40 bits per heavy atom. The van der Waals surface area contributed by atoms with Crippen LogP contribution < -0.4 is 16.0 Å². The van der Waals surface area contributed by atoms with Gasteiger partial charge in [-0.3, -0.25) is 4.79 Å². The van der Waals surface area contributed by atoms with Crippen molar-refractivity contribution in [2.75, 3.05) is 30.9 Å². The molecule has 0 aliphatic rings. The summed E-state index contributed by atoms with van der Waals surface area (Å²) in [4.78, 5) is 13.8. The van der Waals surface area contributed by atoms with Crippen LogP contribution in [0.3, 0.4) is 0 Å². The van der Waals surface area contributed by atoms with E-state index >= 15 is 0 Å². The van der Waals surface area contributed by atoms with Crippen LogP contribution in [0.2, 0.25) is 5.02 Å². The molecule has 3 N–H and O–H groups in total. The Labute approximate surface area is 126 Å². The average molecular weight is 298 g/mol. The Balaban J connectivity index is 2.52. The molecular formula is C15H24ClN3O. The van der Waals surface area contributed by atoms with Gasteiger partial charge >= 0.3 is 0 Å². The highest BCUT2D eigenvalue weighted by Crippen LogP contribution is 2.27. The number of halogens is 1. The van der Waals surface area contributed by atoms with Gasteiger partial charge < -0.3 is 16.0 Å². The Bertz CT molecular complexity index is 449. The first-order valence-corrected chi connectivity index (χ1v) is 7.28. The van der Waals surface area contributed by atoms with Gasteiger partial charge in [-0.05, 0) is 43.5 Å². The van der Waals surface area contributed by atoms with E-state index in [9.17, 15) is 4.79 Å². The van der Waals surface area contributed by atoms with E-state index < -0.39 is 0 Å². The third kappa shape index (κ3) is 5.39. The number of anilines is 2. The highest BCUT2D eigenvalue weighted by molar-refractivity contribution is 6.33. The highest BCUT2D eigenvalue weighted by Gasteiger charge is 2.08. The molecule has 1 aromatic rings. The molecule has 0 radical (unpaired) electrons. The summed E-state index contributed by atoms with van der Waals surface area (Å²) in [5, 5.41) is 3.50. The summed E-state index contributed by atoms with van der Waals surface area (Å²) in [6.45, 7) is 2.78. The lowest BCUT2D eigenvalue weighted by Crippen LogP contribution is -2.14. The number of carbonyl (C=O) groups is 1. The van der Waals surface area contributed by atoms with Crippen molar-refractivity contribution in [2.24, 2.45) is 11.7 Å². The first-order valence-electron chi connectivity index (χ1n) is 6.90. The summed E-state index contributed by atoms with van der Waals surface area (Å²) in [6, 6.07) is 5.54. The molecule has 0 aliphatic heterocycles. The van der Waals surface area contributed by atoms with Crippen molar-refractivity contribution in [2.45, 2.75) is 26.2 Å². The zero-order valence-corrected chi connectivity index (χ0v) is 13.2. The van der Waals surface area contributed by atoms with E-state index in [-0.39, 0.29) is 5.91 Å². The van der Waals surface area contributed by atoms with E-state index in [1.54, 1.807) is 6.07 Å². The topological polar surface area (TPSA) is 58.4 Å². The number of carbonyl (C=O) groups excluding carboxylic acids is 1. The number of hydrogen-bond donors (Lipinski definition) is 2. The smallest absolute Gasteiger partial charge is 0.224 e. The molecule has 0 saturated heterocycles. The second-order valence-corrected chi connectivity index (χ2v) is 5.74. The summed E-state index contributed by atoms with van der Waals surface area (Å²) < 4.78 is 0. The summed E-state index contributed by atoms with van der Waals surface area (Å²) in [5.74, 6) is 0.494. The number of rotatable bonds is 7. The predicted molar refractivity (Wildman–Crippen MR) is 86.5 cm³/mol. The molecule has 0 spiro atoms. The molecule has 112 valence electrons. The molecule has 0 bridgehead atoms. The SMILES string of the molecule is CC(CCN)CCC(=O)Nc1ccc(N(C)C)c(Cl)c1. The van der Waals surface area contributed by atoms with E-state index in [0.717, 1.165) is 24.2 Å². The minimum absolute atomic E-state index is 0.0162. The molecule has 0 heterocycles. The van der Waals surface area contributed by atoms with Crippen molar-refractivity contribution in [1.82, 2.24) is 0 Å². The molecule has 4 nitrogen and oxygen atoms in total. The maximum Gasteiger partial charge on any atom is 0.224 e. The normalized spacial score (nSPS) is 12.1. The van der Waals surface area contributed by atoms with Crippen LogP contribution in [0.4, 0.5) is 11.4 Å². The van der Waals surface area contributed by atoms with Gasteiger partial charge in [0.1, 0.15) is 0 Å². The summed E-state index contributed by atoms with van der Waals surface area (Å²) in [7, 11) is 3.86. The lowest BCUT2D eigenvalue weighted by atomic mass is 10.0. The second kappa shape index (κ2) is 8.12. The number of hydrogen-bond acceptors (Lipinski definition) is 3. The van der Waals surface area contributed by atoms with E-state index in [1.807, 2.05) is 31.1 Å². The molecule has 0 aliphatic carbocycles. The Morgan fingerprint density at radius 3 is 2.65 bits per heavy atom. The quantitative estimate of drug-likeness (QED) is 0.813. The van der Waals surface area contributed by atoms with Crippen molar-refractivity contribution in [1.29, 1.82) is 0 Å². The highest BCUT2D eigenvalue weighted by atomic mass is 35.5. The van der Waals surface area contributed by atoms with Gasteiger partial charge in [0.2, 0.25) is 5.91 Å². The van der Waals surface area contributed by atoms with Crippen LogP contribution in [0, 0.1) is 5.92 Å². The third-order valence-corrected chi connectivity index (χ3v) is 3.54. The van der Waals surface area contributed by atoms with E-state index in [4.69, 9.17) is 17.3 Å². The monoisotopic (exact) mass is 297 g/mol. The van der Waals surface area contributed by atoms with Gasteiger partial charge in [0.15, 0.2) is 0 Å². The molecule has 0 saturated carbocycles. The van der Waals surface area contributed by atoms with Crippen molar-refractivity contribution >= 4 is 28.9 Å². The van der Waals surface area contributed by atoms with Crippen molar-refractivity contribution in [3.8, 4) is 0 Å². The number of nitrogens with one attached hydrogen (secondary N) is 1. The van der Waals surface area contributed by atoms with E-state index in [2.05, 4.69) is 12.2 Å². The van der Waals surface area contributed by atoms with Gasteiger partial charge in [-0.15, -0.1) is 0 Å². The first kappa shape index (κ1) is 16.8. The second-order valence-electron chi connectivity index (χ2n) is 5.33. The number of nitrogens with zero attached hydrogens (tertiary/aromatic N) is 1. The maximum absolute atomic E-state index is 11.9. The maximum atomic E-state index is 11.9. The van der Waals surface area contributed by atoms with E-state index in [0.29, 0.717) is 23.9 Å². The average Bonchev–Trinajstić information content (AvgIpc) is 2.36. The van der Waals surface area contributed by atoms with Crippen molar-refractivity contribution in [3.63, 3.8) is 0 Å². The standard InChI is InChI=1S/C15H24ClN3O/c1-11(8-9-17)4-7-15(20)18-12-5-6-14(19(2)3)13(16)10-12/h5-6,10-11H,4,7-9,17H2,1-3H3,(H,18,20). The van der Waals surface area contributed by atoms with Crippen LogP contribution >= 0.6 is 11.6 Å². The Morgan fingerprint density at radius 2 is 2.10 bits per heavy atom. The molecular weight excluding hydrogens is 274 g/mol. The van der Waals surface area contributed by atoms with Crippen LogP contribution in [0.25, 0.3) is 0 Å². The van der Waals surface area contributed by atoms with Crippen LogP contribution in [0.15, 0.2) is 18.2 Å². The molecule has 1 aromatic carbocycles. The fourth-order valence-electron chi connectivity index (χ4n) is 1.98. The fourth-order valence-corrected chi connectivity index (χ4v) is 2.33. The lowest BCUT2D eigenvalue weighted by Gasteiger charge is -2.15. The fraction of sp³-hybridized carbons (Fsp3) is 0.533. The van der Waals surface area contributed by atoms with Gasteiger partial charge in [0.05, 0.1) is 10.7 Å². The van der Waals surface area contributed by atoms with Crippen LogP contribution in [-0.4, -0.2) is 26.5 Å². The van der Waals surface area contributed by atoms with Crippen molar-refractivity contribution in [3.05, 3.63) is 23.2 Å². The molecule has 1 amide bonds. The van der Waals surface area contributed by atoms with Gasteiger partial charge in [-0.2, -0.15) is 0 Å².